The number of pyridine rings is 1. The van der Waals surface area contributed by atoms with Crippen molar-refractivity contribution in [3.05, 3.63) is 68.6 Å². The summed E-state index contributed by atoms with van der Waals surface area (Å²) in [7, 11) is 2.65. The lowest BCUT2D eigenvalue weighted by molar-refractivity contribution is -0.384. The highest BCUT2D eigenvalue weighted by Gasteiger charge is 2.25. The van der Waals surface area contributed by atoms with Crippen molar-refractivity contribution in [1.82, 2.24) is 4.57 Å². The minimum atomic E-state index is -0.636. The minimum absolute atomic E-state index is 0.0165. The Labute approximate surface area is 152 Å². The van der Waals surface area contributed by atoms with Gasteiger partial charge in [-0.3, -0.25) is 24.3 Å². The number of carbonyl (C=O) groups is 1. The molecule has 0 saturated heterocycles. The number of primary amides is 1. The molecule has 3 rings (SSSR count). The van der Waals surface area contributed by atoms with Crippen LogP contribution in [-0.2, 0) is 0 Å². The zero-order valence-corrected chi connectivity index (χ0v) is 14.5. The third-order valence-electron chi connectivity index (χ3n) is 4.12. The Hall–Kier alpha value is -3.88. The average Bonchev–Trinajstić information content (AvgIpc) is 2.66. The van der Waals surface area contributed by atoms with E-state index in [1.807, 2.05) is 0 Å². The van der Waals surface area contributed by atoms with E-state index in [0.717, 1.165) is 0 Å². The summed E-state index contributed by atoms with van der Waals surface area (Å²) in [5.74, 6) is -0.515. The molecule has 3 aromatic rings. The van der Waals surface area contributed by atoms with Crippen LogP contribution < -0.4 is 20.8 Å². The number of nitro groups is 1. The van der Waals surface area contributed by atoms with E-state index in [1.54, 1.807) is 12.1 Å². The Balaban J connectivity index is 2.39. The number of nitrogens with two attached hydrogens (primary N) is 1. The molecule has 0 aliphatic carbocycles. The van der Waals surface area contributed by atoms with Gasteiger partial charge in [-0.15, -0.1) is 0 Å². The molecule has 2 N–H and O–H groups in total. The number of nitro benzene ring substituents is 1. The predicted molar refractivity (Wildman–Crippen MR) is 97.8 cm³/mol. The summed E-state index contributed by atoms with van der Waals surface area (Å²) in [6.07, 6.45) is 1.39. The van der Waals surface area contributed by atoms with Crippen molar-refractivity contribution in [2.24, 2.45) is 5.73 Å². The number of fused-ring (bicyclic) bond motifs is 1. The van der Waals surface area contributed by atoms with E-state index >= 15 is 0 Å². The Bertz CT molecular complexity index is 1140. The SMILES string of the molecule is COc1cc(OC)c2c(=O)n(-c3cccc(C(N)=O)c3)ccc2c1[N+](=O)[O-]. The lowest BCUT2D eigenvalue weighted by Gasteiger charge is -2.12. The van der Waals surface area contributed by atoms with Crippen molar-refractivity contribution in [3.63, 3.8) is 0 Å². The summed E-state index contributed by atoms with van der Waals surface area (Å²) in [6.45, 7) is 0. The first-order chi connectivity index (χ1) is 12.9. The molecule has 0 fully saturated rings. The van der Waals surface area contributed by atoms with Gasteiger partial charge in [-0.25, -0.2) is 0 Å². The van der Waals surface area contributed by atoms with Gasteiger partial charge in [0, 0.05) is 23.5 Å². The zero-order chi connectivity index (χ0) is 19.7. The van der Waals surface area contributed by atoms with E-state index < -0.39 is 16.4 Å². The number of ether oxygens (including phenoxy) is 2. The van der Waals surface area contributed by atoms with Crippen LogP contribution in [0.25, 0.3) is 16.5 Å². The maximum absolute atomic E-state index is 13.1. The number of aromatic nitrogens is 1. The molecule has 27 heavy (non-hydrogen) atoms. The van der Waals surface area contributed by atoms with E-state index in [0.29, 0.717) is 5.69 Å². The normalized spacial score (nSPS) is 10.6. The highest BCUT2D eigenvalue weighted by molar-refractivity contribution is 5.97. The number of carbonyl (C=O) groups excluding carboxylic acids is 1. The molecule has 2 aromatic carbocycles. The van der Waals surface area contributed by atoms with Crippen LogP contribution in [0.4, 0.5) is 5.69 Å². The van der Waals surface area contributed by atoms with Gasteiger partial charge in [0.05, 0.1) is 29.9 Å². The Kier molecular flexibility index (Phi) is 4.51. The fourth-order valence-electron chi connectivity index (χ4n) is 2.88. The van der Waals surface area contributed by atoms with Crippen LogP contribution in [-0.4, -0.2) is 29.6 Å². The van der Waals surface area contributed by atoms with Crippen LogP contribution in [0.15, 0.2) is 47.4 Å². The number of rotatable bonds is 5. The van der Waals surface area contributed by atoms with Crippen molar-refractivity contribution < 1.29 is 19.2 Å². The highest BCUT2D eigenvalue weighted by Crippen LogP contribution is 2.39. The summed E-state index contributed by atoms with van der Waals surface area (Å²) in [4.78, 5) is 35.4. The fraction of sp³-hybridized carbons (Fsp3) is 0.111. The molecule has 0 spiro atoms. The topological polar surface area (TPSA) is 127 Å². The number of hydrogen-bond donors (Lipinski definition) is 1. The van der Waals surface area contributed by atoms with E-state index in [4.69, 9.17) is 15.2 Å². The standard InChI is InChI=1S/C18H15N3O6/c1-26-13-9-14(27-2)16(21(24)25)12-6-7-20(18(23)15(12)13)11-5-3-4-10(8-11)17(19)22/h3-9H,1-2H3,(H2,19,22). The van der Waals surface area contributed by atoms with Crippen LogP contribution in [0.2, 0.25) is 0 Å². The minimum Gasteiger partial charge on any atom is -0.496 e. The molecule has 0 saturated carbocycles. The highest BCUT2D eigenvalue weighted by atomic mass is 16.6. The molecule has 9 heteroatoms. The molecular weight excluding hydrogens is 354 g/mol. The summed E-state index contributed by atoms with van der Waals surface area (Å²) >= 11 is 0. The Morgan fingerprint density at radius 2 is 1.85 bits per heavy atom. The lowest BCUT2D eigenvalue weighted by Crippen LogP contribution is -2.19. The molecule has 1 heterocycles. The van der Waals surface area contributed by atoms with Crippen LogP contribution in [0.3, 0.4) is 0 Å². The van der Waals surface area contributed by atoms with Crippen molar-refractivity contribution >= 4 is 22.4 Å². The molecule has 0 aliphatic rings. The fourth-order valence-corrected chi connectivity index (χ4v) is 2.88. The molecule has 0 bridgehead atoms. The maximum atomic E-state index is 13.1. The van der Waals surface area contributed by atoms with Gasteiger partial charge in [-0.1, -0.05) is 6.07 Å². The summed E-state index contributed by atoms with van der Waals surface area (Å²) < 4.78 is 11.6. The summed E-state index contributed by atoms with van der Waals surface area (Å²) in [5.41, 5.74) is 5.03. The zero-order valence-electron chi connectivity index (χ0n) is 14.5. The van der Waals surface area contributed by atoms with Crippen LogP contribution in [0.1, 0.15) is 10.4 Å². The number of amides is 1. The van der Waals surface area contributed by atoms with Gasteiger partial charge in [0.1, 0.15) is 5.75 Å². The van der Waals surface area contributed by atoms with E-state index in [-0.39, 0.29) is 33.5 Å². The Morgan fingerprint density at radius 1 is 1.15 bits per heavy atom. The second-order valence-corrected chi connectivity index (χ2v) is 5.58. The van der Waals surface area contributed by atoms with Crippen molar-refractivity contribution in [3.8, 4) is 17.2 Å². The number of nitrogens with zero attached hydrogens (tertiary/aromatic N) is 2. The summed E-state index contributed by atoms with van der Waals surface area (Å²) in [6, 6.07) is 8.90. The first kappa shape index (κ1) is 17.9. The van der Waals surface area contributed by atoms with Crippen LogP contribution in [0.5, 0.6) is 11.5 Å². The molecule has 9 nitrogen and oxygen atoms in total. The van der Waals surface area contributed by atoms with Crippen LogP contribution in [0, 0.1) is 10.1 Å². The average molecular weight is 369 g/mol. The van der Waals surface area contributed by atoms with E-state index in [1.165, 1.54) is 49.2 Å². The molecule has 0 unspecified atom stereocenters. The van der Waals surface area contributed by atoms with Crippen molar-refractivity contribution in [2.45, 2.75) is 0 Å². The molecule has 0 aliphatic heterocycles. The monoisotopic (exact) mass is 369 g/mol. The van der Waals surface area contributed by atoms with Gasteiger partial charge >= 0.3 is 5.69 Å². The number of methoxy groups -OCH3 is 2. The molecule has 0 radical (unpaired) electrons. The van der Waals surface area contributed by atoms with Gasteiger partial charge in [0.25, 0.3) is 5.56 Å². The second kappa shape index (κ2) is 6.79. The van der Waals surface area contributed by atoms with Gasteiger partial charge in [0.2, 0.25) is 11.7 Å². The van der Waals surface area contributed by atoms with Gasteiger partial charge in [-0.05, 0) is 24.3 Å². The van der Waals surface area contributed by atoms with Gasteiger partial charge in [0.15, 0.2) is 0 Å². The molecule has 1 amide bonds. The third-order valence-corrected chi connectivity index (χ3v) is 4.12. The Morgan fingerprint density at radius 3 is 2.44 bits per heavy atom. The predicted octanol–water partition coefficient (Wildman–Crippen LogP) is 2.01. The van der Waals surface area contributed by atoms with Crippen molar-refractivity contribution in [2.75, 3.05) is 14.2 Å². The molecule has 1 aromatic heterocycles. The van der Waals surface area contributed by atoms with Gasteiger partial charge in [-0.2, -0.15) is 0 Å². The van der Waals surface area contributed by atoms with Crippen LogP contribution >= 0.6 is 0 Å². The lowest BCUT2D eigenvalue weighted by atomic mass is 10.1. The molecular formula is C18H15N3O6. The van der Waals surface area contributed by atoms with Crippen molar-refractivity contribution in [1.29, 1.82) is 0 Å². The number of benzene rings is 2. The van der Waals surface area contributed by atoms with E-state index in [2.05, 4.69) is 0 Å². The molecule has 138 valence electrons. The number of hydrogen-bond acceptors (Lipinski definition) is 6. The summed E-state index contributed by atoms with van der Waals surface area (Å²) in [5, 5.41) is 11.6. The third kappa shape index (κ3) is 2.95. The quantitative estimate of drug-likeness (QED) is 0.541. The second-order valence-electron chi connectivity index (χ2n) is 5.58. The first-order valence-corrected chi connectivity index (χ1v) is 7.74. The molecule has 0 atom stereocenters. The van der Waals surface area contributed by atoms with E-state index in [9.17, 15) is 19.7 Å². The largest absolute Gasteiger partial charge is 0.496 e. The van der Waals surface area contributed by atoms with Gasteiger partial charge < -0.3 is 15.2 Å². The first-order valence-electron chi connectivity index (χ1n) is 7.74. The smallest absolute Gasteiger partial charge is 0.319 e. The maximum Gasteiger partial charge on any atom is 0.319 e.